The Balaban J connectivity index is 1.66. The summed E-state index contributed by atoms with van der Waals surface area (Å²) in [6.45, 7) is 6.63. The molecule has 0 saturated carbocycles. The molecule has 5 heteroatoms. The number of amides is 2. The van der Waals surface area contributed by atoms with E-state index in [2.05, 4.69) is 19.2 Å². The zero-order valence-electron chi connectivity index (χ0n) is 16.0. The summed E-state index contributed by atoms with van der Waals surface area (Å²) in [6.07, 6.45) is 1.29. The largest absolute Gasteiger partial charge is 0.326 e. The van der Waals surface area contributed by atoms with Gasteiger partial charge < -0.3 is 10.2 Å². The summed E-state index contributed by atoms with van der Waals surface area (Å²) in [4.78, 5) is 26.7. The van der Waals surface area contributed by atoms with Crippen LogP contribution in [0.3, 0.4) is 0 Å². The number of halogens is 1. The van der Waals surface area contributed by atoms with Crippen molar-refractivity contribution in [1.82, 2.24) is 0 Å². The number of benzene rings is 2. The molecule has 2 amide bonds. The standard InChI is InChI=1S/C22H25ClN2O2/c1-4-14(2)16-6-8-18(9-7-16)24-22(27)17-11-21(26)25(13-17)19-10-5-15(3)20(23)12-19/h5-10,12,14,17H,4,11,13H2,1-3H3,(H,24,27). The Bertz CT molecular complexity index is 848. The number of aryl methyl sites for hydroxylation is 1. The van der Waals surface area contributed by atoms with Crippen LogP contribution in [0.4, 0.5) is 11.4 Å². The monoisotopic (exact) mass is 384 g/mol. The molecule has 0 spiro atoms. The lowest BCUT2D eigenvalue weighted by Crippen LogP contribution is -2.28. The highest BCUT2D eigenvalue weighted by molar-refractivity contribution is 6.31. The van der Waals surface area contributed by atoms with Crippen molar-refractivity contribution < 1.29 is 9.59 Å². The van der Waals surface area contributed by atoms with Crippen LogP contribution in [0.2, 0.25) is 5.02 Å². The molecule has 4 nitrogen and oxygen atoms in total. The third kappa shape index (κ3) is 4.33. The fraction of sp³-hybridized carbons (Fsp3) is 0.364. The van der Waals surface area contributed by atoms with Gasteiger partial charge in [0.2, 0.25) is 11.8 Å². The molecule has 142 valence electrons. The predicted octanol–water partition coefficient (Wildman–Crippen LogP) is 5.15. The smallest absolute Gasteiger partial charge is 0.229 e. The van der Waals surface area contributed by atoms with Gasteiger partial charge in [-0.25, -0.2) is 0 Å². The molecule has 2 aromatic carbocycles. The Hall–Kier alpha value is -2.33. The van der Waals surface area contributed by atoms with Gasteiger partial charge >= 0.3 is 0 Å². The fourth-order valence-electron chi connectivity index (χ4n) is 3.26. The van der Waals surface area contributed by atoms with E-state index in [-0.39, 0.29) is 24.2 Å². The molecule has 1 fully saturated rings. The Morgan fingerprint density at radius 1 is 1.26 bits per heavy atom. The first kappa shape index (κ1) is 19.4. The van der Waals surface area contributed by atoms with Gasteiger partial charge in [0.05, 0.1) is 5.92 Å². The van der Waals surface area contributed by atoms with Gasteiger partial charge in [0.1, 0.15) is 0 Å². The fourth-order valence-corrected chi connectivity index (χ4v) is 3.43. The number of hydrogen-bond donors (Lipinski definition) is 1. The van der Waals surface area contributed by atoms with Gasteiger partial charge in [0, 0.05) is 29.4 Å². The molecule has 2 unspecified atom stereocenters. The van der Waals surface area contributed by atoms with Gasteiger partial charge in [-0.2, -0.15) is 0 Å². The maximum absolute atomic E-state index is 12.6. The average Bonchev–Trinajstić information content (AvgIpc) is 3.06. The summed E-state index contributed by atoms with van der Waals surface area (Å²) < 4.78 is 0. The first-order chi connectivity index (χ1) is 12.9. The maximum atomic E-state index is 12.6. The molecule has 0 bridgehead atoms. The van der Waals surface area contributed by atoms with Crippen molar-refractivity contribution in [3.05, 3.63) is 58.6 Å². The van der Waals surface area contributed by atoms with Crippen molar-refractivity contribution in [2.24, 2.45) is 5.92 Å². The molecule has 2 aromatic rings. The second-order valence-corrected chi connectivity index (χ2v) is 7.67. The quantitative estimate of drug-likeness (QED) is 0.774. The van der Waals surface area contributed by atoms with E-state index in [0.29, 0.717) is 17.5 Å². The van der Waals surface area contributed by atoms with E-state index < -0.39 is 0 Å². The molecule has 0 aliphatic carbocycles. The Morgan fingerprint density at radius 2 is 1.96 bits per heavy atom. The van der Waals surface area contributed by atoms with Crippen LogP contribution in [0.15, 0.2) is 42.5 Å². The molecule has 1 heterocycles. The van der Waals surface area contributed by atoms with Crippen LogP contribution in [0.5, 0.6) is 0 Å². The molecule has 1 saturated heterocycles. The Labute approximate surface area is 165 Å². The van der Waals surface area contributed by atoms with Gasteiger partial charge in [0.15, 0.2) is 0 Å². The molecule has 27 heavy (non-hydrogen) atoms. The topological polar surface area (TPSA) is 49.4 Å². The minimum atomic E-state index is -0.369. The third-order valence-corrected chi connectivity index (χ3v) is 5.73. The summed E-state index contributed by atoms with van der Waals surface area (Å²) in [6, 6.07) is 13.5. The first-order valence-electron chi connectivity index (χ1n) is 9.36. The Morgan fingerprint density at radius 3 is 2.59 bits per heavy atom. The number of rotatable bonds is 5. The number of carbonyl (C=O) groups is 2. The highest BCUT2D eigenvalue weighted by Crippen LogP contribution is 2.29. The van der Waals surface area contributed by atoms with Crippen molar-refractivity contribution in [1.29, 1.82) is 0 Å². The van der Waals surface area contributed by atoms with Gasteiger partial charge in [-0.1, -0.05) is 43.6 Å². The molecular weight excluding hydrogens is 360 g/mol. The highest BCUT2D eigenvalue weighted by atomic mass is 35.5. The molecule has 0 aromatic heterocycles. The van der Waals surface area contributed by atoms with Gasteiger partial charge in [-0.3, -0.25) is 9.59 Å². The lowest BCUT2D eigenvalue weighted by atomic mass is 9.98. The van der Waals surface area contributed by atoms with E-state index in [1.165, 1.54) is 5.56 Å². The number of carbonyl (C=O) groups excluding carboxylic acids is 2. The first-order valence-corrected chi connectivity index (χ1v) is 9.74. The van der Waals surface area contributed by atoms with Gasteiger partial charge in [-0.15, -0.1) is 0 Å². The number of hydrogen-bond acceptors (Lipinski definition) is 2. The van der Waals surface area contributed by atoms with Crippen molar-refractivity contribution in [3.63, 3.8) is 0 Å². The molecule has 1 N–H and O–H groups in total. The van der Waals surface area contributed by atoms with Crippen LogP contribution in [0.1, 0.15) is 43.7 Å². The zero-order chi connectivity index (χ0) is 19.6. The summed E-state index contributed by atoms with van der Waals surface area (Å²) in [5, 5.41) is 3.56. The molecule has 3 rings (SSSR count). The second kappa shape index (κ2) is 8.13. The lowest BCUT2D eigenvalue weighted by Gasteiger charge is -2.17. The lowest BCUT2D eigenvalue weighted by molar-refractivity contribution is -0.122. The summed E-state index contributed by atoms with van der Waals surface area (Å²) >= 11 is 6.17. The minimum absolute atomic E-state index is 0.0535. The second-order valence-electron chi connectivity index (χ2n) is 7.26. The maximum Gasteiger partial charge on any atom is 0.229 e. The van der Waals surface area contributed by atoms with Crippen LogP contribution < -0.4 is 10.2 Å². The molecular formula is C22H25ClN2O2. The third-order valence-electron chi connectivity index (χ3n) is 5.32. The SMILES string of the molecule is CCC(C)c1ccc(NC(=O)C2CC(=O)N(c3ccc(C)c(Cl)c3)C2)cc1. The van der Waals surface area contributed by atoms with Crippen molar-refractivity contribution in [3.8, 4) is 0 Å². The van der Waals surface area contributed by atoms with E-state index in [4.69, 9.17) is 11.6 Å². The summed E-state index contributed by atoms with van der Waals surface area (Å²) in [5.74, 6) is -0.0496. The van der Waals surface area contributed by atoms with Crippen molar-refractivity contribution >= 4 is 34.8 Å². The van der Waals surface area contributed by atoms with Gasteiger partial charge in [0.25, 0.3) is 0 Å². The number of nitrogens with one attached hydrogen (secondary N) is 1. The van der Waals surface area contributed by atoms with E-state index in [9.17, 15) is 9.59 Å². The van der Waals surface area contributed by atoms with Crippen LogP contribution >= 0.6 is 11.6 Å². The molecule has 2 atom stereocenters. The van der Waals surface area contributed by atoms with Crippen LogP contribution in [-0.2, 0) is 9.59 Å². The molecule has 1 aliphatic rings. The van der Waals surface area contributed by atoms with Crippen LogP contribution in [-0.4, -0.2) is 18.4 Å². The average molecular weight is 385 g/mol. The molecule has 1 aliphatic heterocycles. The Kier molecular flexibility index (Phi) is 5.85. The van der Waals surface area contributed by atoms with Gasteiger partial charge in [-0.05, 0) is 54.7 Å². The normalized spacial score (nSPS) is 17.9. The number of anilines is 2. The van der Waals surface area contributed by atoms with Crippen molar-refractivity contribution in [2.45, 2.75) is 39.5 Å². The van der Waals surface area contributed by atoms with E-state index in [1.807, 2.05) is 43.3 Å². The van der Waals surface area contributed by atoms with Crippen LogP contribution in [0.25, 0.3) is 0 Å². The van der Waals surface area contributed by atoms with Crippen LogP contribution in [0, 0.1) is 12.8 Å². The molecule has 0 radical (unpaired) electrons. The summed E-state index contributed by atoms with van der Waals surface area (Å²) in [5.41, 5.74) is 3.72. The summed E-state index contributed by atoms with van der Waals surface area (Å²) in [7, 11) is 0. The van der Waals surface area contributed by atoms with E-state index in [1.54, 1.807) is 11.0 Å². The minimum Gasteiger partial charge on any atom is -0.326 e. The van der Waals surface area contributed by atoms with Crippen molar-refractivity contribution in [2.75, 3.05) is 16.8 Å². The predicted molar refractivity (Wildman–Crippen MR) is 110 cm³/mol. The zero-order valence-corrected chi connectivity index (χ0v) is 16.7. The number of nitrogens with zero attached hydrogens (tertiary/aromatic N) is 1. The van der Waals surface area contributed by atoms with E-state index >= 15 is 0 Å². The van der Waals surface area contributed by atoms with E-state index in [0.717, 1.165) is 23.4 Å². The highest BCUT2D eigenvalue weighted by Gasteiger charge is 2.35.